The van der Waals surface area contributed by atoms with E-state index in [2.05, 4.69) is 15.0 Å². The first-order chi connectivity index (χ1) is 7.70. The number of carbonyl (C=O) groups is 1. The first-order valence-corrected chi connectivity index (χ1v) is 6.43. The van der Waals surface area contributed by atoms with Crippen LogP contribution in [0.5, 0.6) is 0 Å². The molecule has 0 spiro atoms. The van der Waals surface area contributed by atoms with Crippen molar-refractivity contribution in [1.29, 1.82) is 0 Å². The van der Waals surface area contributed by atoms with Crippen molar-refractivity contribution in [3.63, 3.8) is 0 Å². The van der Waals surface area contributed by atoms with Crippen molar-refractivity contribution < 1.29 is 4.79 Å². The minimum absolute atomic E-state index is 0.225. The lowest BCUT2D eigenvalue weighted by atomic mass is 10.3. The van der Waals surface area contributed by atoms with Gasteiger partial charge in [-0.3, -0.25) is 9.78 Å². The van der Waals surface area contributed by atoms with Gasteiger partial charge in [0.1, 0.15) is 10.7 Å². The summed E-state index contributed by atoms with van der Waals surface area (Å²) in [6.45, 7) is 0. The lowest BCUT2D eigenvalue weighted by Gasteiger charge is -2.02. The van der Waals surface area contributed by atoms with E-state index in [0.717, 1.165) is 4.88 Å². The van der Waals surface area contributed by atoms with E-state index in [1.165, 1.54) is 23.1 Å². The highest BCUT2D eigenvalue weighted by Crippen LogP contribution is 2.22. The van der Waals surface area contributed by atoms with Gasteiger partial charge >= 0.3 is 0 Å². The molecule has 2 aromatic rings. The molecule has 0 aliphatic heterocycles. The third kappa shape index (κ3) is 2.20. The van der Waals surface area contributed by atoms with Crippen LogP contribution in [-0.2, 0) is 0 Å². The topological polar surface area (TPSA) is 81.8 Å². The number of carbonyl (C=O) groups excluding carboxylic acids is 1. The van der Waals surface area contributed by atoms with E-state index >= 15 is 0 Å². The molecular weight excluding hydrogens is 244 g/mol. The Balaban J connectivity index is 2.53. The maximum Gasteiger partial charge on any atom is 0.267 e. The number of thioether (sulfide) groups is 1. The van der Waals surface area contributed by atoms with Crippen LogP contribution in [0.1, 0.15) is 10.5 Å². The maximum absolute atomic E-state index is 11.1. The van der Waals surface area contributed by atoms with Crippen molar-refractivity contribution in [2.45, 2.75) is 5.03 Å². The van der Waals surface area contributed by atoms with E-state index in [0.29, 0.717) is 10.9 Å². The van der Waals surface area contributed by atoms with Gasteiger partial charge in [-0.25, -0.2) is 9.97 Å². The number of thiazole rings is 1. The molecule has 7 heteroatoms. The zero-order valence-electron chi connectivity index (χ0n) is 8.38. The normalized spacial score (nSPS) is 10.3. The summed E-state index contributed by atoms with van der Waals surface area (Å²) in [6, 6.07) is 1.58. The summed E-state index contributed by atoms with van der Waals surface area (Å²) in [5.41, 5.74) is 7.12. The summed E-state index contributed by atoms with van der Waals surface area (Å²) in [7, 11) is 0. The average molecular weight is 252 g/mol. The van der Waals surface area contributed by atoms with Crippen LogP contribution < -0.4 is 5.73 Å². The van der Waals surface area contributed by atoms with Crippen molar-refractivity contribution in [2.75, 3.05) is 6.26 Å². The van der Waals surface area contributed by atoms with Crippen molar-refractivity contribution in [1.82, 2.24) is 15.0 Å². The molecular formula is C9H8N4OS2. The van der Waals surface area contributed by atoms with Gasteiger partial charge in [-0.2, -0.15) is 0 Å². The Bertz CT molecular complexity index is 512. The van der Waals surface area contributed by atoms with Crippen molar-refractivity contribution in [3.05, 3.63) is 23.5 Å². The highest BCUT2D eigenvalue weighted by Gasteiger charge is 2.10. The Kier molecular flexibility index (Phi) is 3.16. The van der Waals surface area contributed by atoms with Crippen LogP contribution in [0, 0.1) is 0 Å². The van der Waals surface area contributed by atoms with Crippen LogP contribution in [0.3, 0.4) is 0 Å². The monoisotopic (exact) mass is 252 g/mol. The predicted octanol–water partition coefficient (Wildman–Crippen LogP) is 1.42. The molecule has 0 aliphatic rings. The highest BCUT2D eigenvalue weighted by molar-refractivity contribution is 7.98. The fourth-order valence-electron chi connectivity index (χ4n) is 1.09. The van der Waals surface area contributed by atoms with E-state index in [-0.39, 0.29) is 5.69 Å². The summed E-state index contributed by atoms with van der Waals surface area (Å²) in [4.78, 5) is 24.2. The number of nitrogens with zero attached hydrogens (tertiary/aromatic N) is 3. The fraction of sp³-hybridized carbons (Fsp3) is 0.111. The van der Waals surface area contributed by atoms with Crippen LogP contribution in [0.25, 0.3) is 10.7 Å². The number of hydrogen-bond acceptors (Lipinski definition) is 6. The lowest BCUT2D eigenvalue weighted by Crippen LogP contribution is -2.14. The molecule has 5 nitrogen and oxygen atoms in total. The van der Waals surface area contributed by atoms with Crippen LogP contribution >= 0.6 is 23.1 Å². The molecule has 0 unspecified atom stereocenters. The van der Waals surface area contributed by atoms with Gasteiger partial charge in [0.25, 0.3) is 5.91 Å². The molecule has 0 saturated carbocycles. The summed E-state index contributed by atoms with van der Waals surface area (Å²) < 4.78 is 0. The molecule has 82 valence electrons. The first-order valence-electron chi connectivity index (χ1n) is 4.32. The number of primary amides is 1. The number of aromatic nitrogens is 3. The molecule has 0 fully saturated rings. The second-order valence-corrected chi connectivity index (χ2v) is 4.56. The summed E-state index contributed by atoms with van der Waals surface area (Å²) >= 11 is 2.86. The van der Waals surface area contributed by atoms with Gasteiger partial charge in [0.15, 0.2) is 5.82 Å². The van der Waals surface area contributed by atoms with Crippen LogP contribution in [0.2, 0.25) is 0 Å². The third-order valence-corrected chi connectivity index (χ3v) is 3.21. The van der Waals surface area contributed by atoms with Gasteiger partial charge in [-0.05, 0) is 6.26 Å². The van der Waals surface area contributed by atoms with E-state index in [9.17, 15) is 4.79 Å². The summed E-state index contributed by atoms with van der Waals surface area (Å²) in [6.07, 6.45) is 3.54. The van der Waals surface area contributed by atoms with Gasteiger partial charge in [-0.1, -0.05) is 0 Å². The first kappa shape index (κ1) is 11.0. The molecule has 0 atom stereocenters. The molecule has 2 heterocycles. The molecule has 2 rings (SSSR count). The number of rotatable bonds is 3. The maximum atomic E-state index is 11.1. The molecule has 0 aromatic carbocycles. The number of amides is 1. The van der Waals surface area contributed by atoms with Crippen molar-refractivity contribution in [3.8, 4) is 10.7 Å². The largest absolute Gasteiger partial charge is 0.364 e. The second kappa shape index (κ2) is 4.58. The second-order valence-electron chi connectivity index (χ2n) is 2.85. The Morgan fingerprint density at radius 2 is 2.31 bits per heavy atom. The molecule has 2 aromatic heterocycles. The smallest absolute Gasteiger partial charge is 0.267 e. The van der Waals surface area contributed by atoms with E-state index in [1.54, 1.807) is 17.8 Å². The zero-order valence-corrected chi connectivity index (χ0v) is 10.0. The van der Waals surface area contributed by atoms with Crippen LogP contribution in [0.4, 0.5) is 0 Å². The third-order valence-electron chi connectivity index (χ3n) is 1.82. The van der Waals surface area contributed by atoms with E-state index in [1.807, 2.05) is 6.26 Å². The predicted molar refractivity (Wildman–Crippen MR) is 63.4 cm³/mol. The fourth-order valence-corrected chi connectivity index (χ4v) is 2.05. The molecule has 16 heavy (non-hydrogen) atoms. The Labute approximate surface area is 100 Å². The van der Waals surface area contributed by atoms with E-state index in [4.69, 9.17) is 5.73 Å². The molecule has 1 amide bonds. The van der Waals surface area contributed by atoms with Crippen molar-refractivity contribution in [2.24, 2.45) is 5.73 Å². The molecule has 0 saturated heterocycles. The van der Waals surface area contributed by atoms with Crippen LogP contribution in [0.15, 0.2) is 22.8 Å². The highest BCUT2D eigenvalue weighted by atomic mass is 32.2. The van der Waals surface area contributed by atoms with Gasteiger partial charge in [0.2, 0.25) is 0 Å². The van der Waals surface area contributed by atoms with Gasteiger partial charge in [0.05, 0.1) is 10.4 Å². The standard InChI is InChI=1S/C9H8N4OS2/c1-15-7-2-5(8(10)14)12-9(13-7)6-3-11-4-16-6/h2-4H,1H3,(H2,10,14). The summed E-state index contributed by atoms with van der Waals surface area (Å²) in [5, 5.41) is 0.715. The molecule has 2 N–H and O–H groups in total. The zero-order chi connectivity index (χ0) is 11.5. The minimum Gasteiger partial charge on any atom is -0.364 e. The van der Waals surface area contributed by atoms with Gasteiger partial charge < -0.3 is 5.73 Å². The summed E-state index contributed by atoms with van der Waals surface area (Å²) in [5.74, 6) is -0.0633. The lowest BCUT2D eigenvalue weighted by molar-refractivity contribution is 0.0995. The number of hydrogen-bond donors (Lipinski definition) is 1. The van der Waals surface area contributed by atoms with Gasteiger partial charge in [0, 0.05) is 12.3 Å². The molecule has 0 bridgehead atoms. The molecule has 0 radical (unpaired) electrons. The molecule has 0 aliphatic carbocycles. The Morgan fingerprint density at radius 1 is 1.50 bits per heavy atom. The average Bonchev–Trinajstić information content (AvgIpc) is 2.81. The van der Waals surface area contributed by atoms with Crippen LogP contribution in [-0.4, -0.2) is 27.1 Å². The quantitative estimate of drug-likeness (QED) is 0.660. The number of nitrogens with two attached hydrogens (primary N) is 1. The Morgan fingerprint density at radius 3 is 2.88 bits per heavy atom. The SMILES string of the molecule is CSc1cc(C(N)=O)nc(-c2cncs2)n1. The van der Waals surface area contributed by atoms with Gasteiger partial charge in [-0.15, -0.1) is 23.1 Å². The Hall–Kier alpha value is -1.47. The minimum atomic E-state index is -0.552. The van der Waals surface area contributed by atoms with Crippen molar-refractivity contribution >= 4 is 29.0 Å². The van der Waals surface area contributed by atoms with E-state index < -0.39 is 5.91 Å².